The van der Waals surface area contributed by atoms with Crippen molar-refractivity contribution >= 4 is 5.95 Å². The van der Waals surface area contributed by atoms with Crippen molar-refractivity contribution in [1.29, 1.82) is 0 Å². The molecule has 0 saturated carbocycles. The van der Waals surface area contributed by atoms with E-state index < -0.39 is 0 Å². The zero-order valence-corrected chi connectivity index (χ0v) is 12.7. The van der Waals surface area contributed by atoms with Crippen molar-refractivity contribution in [2.75, 3.05) is 18.7 Å². The number of nitrogen functional groups attached to an aromatic ring is 2. The van der Waals surface area contributed by atoms with E-state index in [1.807, 2.05) is 13.0 Å². The summed E-state index contributed by atoms with van der Waals surface area (Å²) in [6.07, 6.45) is 1.73. The Hall–Kier alpha value is -2.17. The van der Waals surface area contributed by atoms with Gasteiger partial charge in [-0.1, -0.05) is 20.8 Å². The van der Waals surface area contributed by atoms with Crippen molar-refractivity contribution in [2.45, 2.75) is 33.1 Å². The molecule has 1 aromatic carbocycles. The number of hydrogen-bond donors (Lipinski definition) is 2. The molecule has 0 aliphatic heterocycles. The maximum absolute atomic E-state index is 5.71. The largest absolute Gasteiger partial charge is 0.496 e. The molecule has 0 saturated heterocycles. The van der Waals surface area contributed by atoms with Gasteiger partial charge in [0.05, 0.1) is 19.0 Å². The predicted molar refractivity (Wildman–Crippen MR) is 82.2 cm³/mol. The van der Waals surface area contributed by atoms with Crippen LogP contribution < -0.4 is 16.3 Å². The standard InChI is InChI=1S/C15H22N4O/c1-9-6-13(20-5)11(15(2,3)4)7-10(9)12-8-19(17)14(16)18-12/h6-8H,17H2,1-5H3,(H2,16,18). The van der Waals surface area contributed by atoms with Crippen LogP contribution in [-0.4, -0.2) is 16.8 Å². The van der Waals surface area contributed by atoms with E-state index in [0.29, 0.717) is 5.95 Å². The maximum atomic E-state index is 5.71. The molecule has 0 radical (unpaired) electrons. The lowest BCUT2D eigenvalue weighted by molar-refractivity contribution is 0.397. The third-order valence-corrected chi connectivity index (χ3v) is 3.39. The number of hydrogen-bond acceptors (Lipinski definition) is 4. The third-order valence-electron chi connectivity index (χ3n) is 3.39. The van der Waals surface area contributed by atoms with E-state index in [0.717, 1.165) is 28.1 Å². The van der Waals surface area contributed by atoms with Gasteiger partial charge in [-0.3, -0.25) is 0 Å². The lowest BCUT2D eigenvalue weighted by atomic mass is 9.84. The normalized spacial score (nSPS) is 11.7. The molecular weight excluding hydrogens is 252 g/mol. The number of rotatable bonds is 2. The molecule has 0 unspecified atom stereocenters. The first-order valence-electron chi connectivity index (χ1n) is 6.53. The van der Waals surface area contributed by atoms with Crippen LogP contribution in [0.1, 0.15) is 31.9 Å². The molecule has 108 valence electrons. The number of anilines is 1. The SMILES string of the molecule is COc1cc(C)c(-c2cn(N)c(N)n2)cc1C(C)(C)C. The number of nitrogens with zero attached hydrogens (tertiary/aromatic N) is 2. The highest BCUT2D eigenvalue weighted by Crippen LogP contribution is 2.36. The number of nitrogens with two attached hydrogens (primary N) is 2. The number of aryl methyl sites for hydroxylation is 1. The lowest BCUT2D eigenvalue weighted by Gasteiger charge is -2.23. The van der Waals surface area contributed by atoms with E-state index in [-0.39, 0.29) is 5.41 Å². The van der Waals surface area contributed by atoms with Gasteiger partial charge in [-0.2, -0.15) is 0 Å². The quantitative estimate of drug-likeness (QED) is 0.824. The van der Waals surface area contributed by atoms with E-state index in [2.05, 4.69) is 31.8 Å². The van der Waals surface area contributed by atoms with Crippen LogP contribution in [0.3, 0.4) is 0 Å². The summed E-state index contributed by atoms with van der Waals surface area (Å²) < 4.78 is 6.83. The molecule has 1 aromatic heterocycles. The highest BCUT2D eigenvalue weighted by Gasteiger charge is 2.21. The topological polar surface area (TPSA) is 79.1 Å². The summed E-state index contributed by atoms with van der Waals surface area (Å²) in [6.45, 7) is 8.48. The second kappa shape index (κ2) is 4.74. The molecule has 0 amide bonds. The molecule has 0 fully saturated rings. The van der Waals surface area contributed by atoms with Gasteiger partial charge in [-0.15, -0.1) is 0 Å². The second-order valence-electron chi connectivity index (χ2n) is 6.01. The number of benzene rings is 1. The molecule has 5 heteroatoms. The molecule has 0 aliphatic carbocycles. The molecule has 2 rings (SSSR count). The Morgan fingerprint density at radius 1 is 1.25 bits per heavy atom. The fourth-order valence-electron chi connectivity index (χ4n) is 2.25. The van der Waals surface area contributed by atoms with Gasteiger partial charge in [0, 0.05) is 11.1 Å². The van der Waals surface area contributed by atoms with Crippen LogP contribution >= 0.6 is 0 Å². The number of imidazole rings is 1. The summed E-state index contributed by atoms with van der Waals surface area (Å²) in [5.74, 6) is 6.90. The van der Waals surface area contributed by atoms with Gasteiger partial charge in [-0.25, -0.2) is 9.66 Å². The van der Waals surface area contributed by atoms with Gasteiger partial charge in [-0.05, 0) is 30.0 Å². The van der Waals surface area contributed by atoms with Crippen LogP contribution in [0, 0.1) is 6.92 Å². The minimum Gasteiger partial charge on any atom is -0.496 e. The molecule has 5 nitrogen and oxygen atoms in total. The molecule has 1 heterocycles. The first kappa shape index (κ1) is 14.2. The third kappa shape index (κ3) is 2.43. The Bertz CT molecular complexity index is 619. The molecule has 0 atom stereocenters. The predicted octanol–water partition coefficient (Wildman–Crippen LogP) is 2.46. The van der Waals surface area contributed by atoms with Crippen LogP contribution in [0.4, 0.5) is 5.95 Å². The molecule has 0 spiro atoms. The van der Waals surface area contributed by atoms with E-state index in [1.54, 1.807) is 13.3 Å². The van der Waals surface area contributed by atoms with Crippen molar-refractivity contribution < 1.29 is 4.74 Å². The van der Waals surface area contributed by atoms with Gasteiger partial charge < -0.3 is 16.3 Å². The van der Waals surface area contributed by atoms with Gasteiger partial charge in [0.2, 0.25) is 5.95 Å². The Morgan fingerprint density at radius 2 is 1.90 bits per heavy atom. The smallest absolute Gasteiger partial charge is 0.219 e. The highest BCUT2D eigenvalue weighted by atomic mass is 16.5. The van der Waals surface area contributed by atoms with Crippen LogP contribution in [0.2, 0.25) is 0 Å². The average molecular weight is 274 g/mol. The summed E-state index contributed by atoms with van der Waals surface area (Å²) in [4.78, 5) is 4.29. The van der Waals surface area contributed by atoms with E-state index in [1.165, 1.54) is 4.68 Å². The summed E-state index contributed by atoms with van der Waals surface area (Å²) >= 11 is 0. The van der Waals surface area contributed by atoms with E-state index in [9.17, 15) is 0 Å². The molecule has 0 bridgehead atoms. The summed E-state index contributed by atoms with van der Waals surface area (Å²) in [6, 6.07) is 4.14. The molecule has 4 N–H and O–H groups in total. The average Bonchev–Trinajstić information content (AvgIpc) is 2.67. The fraction of sp³-hybridized carbons (Fsp3) is 0.400. The lowest BCUT2D eigenvalue weighted by Crippen LogP contribution is -2.13. The summed E-state index contributed by atoms with van der Waals surface area (Å²) in [5, 5.41) is 0. The van der Waals surface area contributed by atoms with E-state index >= 15 is 0 Å². The van der Waals surface area contributed by atoms with Crippen molar-refractivity contribution in [3.05, 3.63) is 29.5 Å². The van der Waals surface area contributed by atoms with Crippen LogP contribution in [0.15, 0.2) is 18.3 Å². The highest BCUT2D eigenvalue weighted by molar-refractivity contribution is 5.68. The number of methoxy groups -OCH3 is 1. The number of ether oxygens (including phenoxy) is 1. The van der Waals surface area contributed by atoms with Gasteiger partial charge >= 0.3 is 0 Å². The van der Waals surface area contributed by atoms with Crippen LogP contribution in [-0.2, 0) is 5.41 Å². The van der Waals surface area contributed by atoms with Crippen molar-refractivity contribution in [1.82, 2.24) is 9.66 Å². The molecular formula is C15H22N4O. The zero-order valence-electron chi connectivity index (χ0n) is 12.7. The van der Waals surface area contributed by atoms with Gasteiger partial charge in [0.15, 0.2) is 0 Å². The van der Waals surface area contributed by atoms with Gasteiger partial charge in [0.25, 0.3) is 0 Å². The Labute approximate surface area is 119 Å². The van der Waals surface area contributed by atoms with Crippen molar-refractivity contribution in [2.24, 2.45) is 0 Å². The Kier molecular flexibility index (Phi) is 3.38. The number of aromatic nitrogens is 2. The van der Waals surface area contributed by atoms with Crippen molar-refractivity contribution in [3.8, 4) is 17.0 Å². The van der Waals surface area contributed by atoms with E-state index in [4.69, 9.17) is 16.3 Å². The molecule has 20 heavy (non-hydrogen) atoms. The molecule has 0 aliphatic rings. The minimum absolute atomic E-state index is 0.0232. The Morgan fingerprint density at radius 3 is 2.35 bits per heavy atom. The van der Waals surface area contributed by atoms with Crippen LogP contribution in [0.25, 0.3) is 11.3 Å². The fourth-order valence-corrected chi connectivity index (χ4v) is 2.25. The molecule has 2 aromatic rings. The monoisotopic (exact) mass is 274 g/mol. The zero-order chi connectivity index (χ0) is 15.1. The first-order chi connectivity index (χ1) is 9.24. The Balaban J connectivity index is 2.65. The first-order valence-corrected chi connectivity index (χ1v) is 6.53. The maximum Gasteiger partial charge on any atom is 0.219 e. The minimum atomic E-state index is -0.0232. The summed E-state index contributed by atoms with van der Waals surface area (Å²) in [5.41, 5.74) is 9.69. The second-order valence-corrected chi connectivity index (χ2v) is 6.01. The van der Waals surface area contributed by atoms with Crippen LogP contribution in [0.5, 0.6) is 5.75 Å². The van der Waals surface area contributed by atoms with Crippen molar-refractivity contribution in [3.63, 3.8) is 0 Å². The van der Waals surface area contributed by atoms with Gasteiger partial charge in [0.1, 0.15) is 5.75 Å². The summed E-state index contributed by atoms with van der Waals surface area (Å²) in [7, 11) is 1.69.